The highest BCUT2D eigenvalue weighted by atomic mass is 79.9. The van der Waals surface area contributed by atoms with Crippen LogP contribution in [0.4, 0.5) is 0 Å². The summed E-state index contributed by atoms with van der Waals surface area (Å²) in [5.74, 6) is 1.34. The van der Waals surface area contributed by atoms with Gasteiger partial charge in [0.1, 0.15) is 11.4 Å². The maximum absolute atomic E-state index is 5.85. The molecule has 98 valence electrons. The van der Waals surface area contributed by atoms with Crippen LogP contribution in [0.2, 0.25) is 0 Å². The van der Waals surface area contributed by atoms with E-state index < -0.39 is 0 Å². The first-order valence-corrected chi connectivity index (χ1v) is 7.45. The number of fused-ring (bicyclic) bond motifs is 1. The predicted octanol–water partition coefficient (Wildman–Crippen LogP) is 3.72. The smallest absolute Gasteiger partial charge is 0.243 e. The molecule has 0 radical (unpaired) electrons. The fraction of sp³-hybridized carbons (Fsp3) is 0.154. The van der Waals surface area contributed by atoms with Gasteiger partial charge in [-0.1, -0.05) is 15.9 Å². The maximum atomic E-state index is 5.85. The maximum Gasteiger partial charge on any atom is 0.243 e. The van der Waals surface area contributed by atoms with Crippen LogP contribution in [-0.4, -0.2) is 9.38 Å². The highest BCUT2D eigenvalue weighted by Crippen LogP contribution is 2.29. The van der Waals surface area contributed by atoms with Gasteiger partial charge >= 0.3 is 0 Å². The van der Waals surface area contributed by atoms with Gasteiger partial charge in [0.25, 0.3) is 0 Å². The second-order valence-corrected chi connectivity index (χ2v) is 5.86. The van der Waals surface area contributed by atoms with E-state index in [1.807, 2.05) is 41.1 Å². The summed E-state index contributed by atoms with van der Waals surface area (Å²) >= 11 is 5.03. The summed E-state index contributed by atoms with van der Waals surface area (Å²) in [5.41, 5.74) is 7.79. The average molecular weight is 338 g/mol. The van der Waals surface area contributed by atoms with E-state index in [0.29, 0.717) is 12.4 Å². The molecule has 0 atom stereocenters. The average Bonchev–Trinajstić information content (AvgIpc) is 2.94. The van der Waals surface area contributed by atoms with Crippen molar-refractivity contribution in [1.82, 2.24) is 9.38 Å². The van der Waals surface area contributed by atoms with Crippen LogP contribution < -0.4 is 10.5 Å². The summed E-state index contributed by atoms with van der Waals surface area (Å²) in [5, 5.41) is 1.98. The molecule has 0 spiro atoms. The minimum Gasteiger partial charge on any atom is -0.437 e. The van der Waals surface area contributed by atoms with Crippen LogP contribution >= 0.6 is 27.3 Å². The minimum absolute atomic E-state index is 0.392. The van der Waals surface area contributed by atoms with E-state index in [9.17, 15) is 0 Å². The summed E-state index contributed by atoms with van der Waals surface area (Å²) in [6, 6.07) is 5.84. The first-order valence-electron chi connectivity index (χ1n) is 5.77. The number of aromatic nitrogens is 2. The molecule has 2 heterocycles. The molecule has 0 unspecified atom stereocenters. The zero-order valence-corrected chi connectivity index (χ0v) is 12.7. The van der Waals surface area contributed by atoms with Crippen LogP contribution in [0.1, 0.15) is 11.3 Å². The third-order valence-corrected chi connectivity index (χ3v) is 4.51. The summed E-state index contributed by atoms with van der Waals surface area (Å²) in [7, 11) is 0. The molecule has 0 saturated carbocycles. The lowest BCUT2D eigenvalue weighted by Gasteiger charge is -2.06. The zero-order chi connectivity index (χ0) is 13.4. The van der Waals surface area contributed by atoms with Gasteiger partial charge in [-0.3, -0.25) is 4.40 Å². The number of nitrogens with two attached hydrogens (primary N) is 1. The van der Waals surface area contributed by atoms with Gasteiger partial charge in [-0.15, -0.1) is 11.3 Å². The Morgan fingerprint density at radius 1 is 1.47 bits per heavy atom. The van der Waals surface area contributed by atoms with Crippen LogP contribution in [0.5, 0.6) is 11.6 Å². The molecule has 2 aromatic heterocycles. The molecule has 0 amide bonds. The molecule has 0 aliphatic rings. The fourth-order valence-corrected chi connectivity index (χ4v) is 2.84. The third-order valence-electron chi connectivity index (χ3n) is 2.86. The van der Waals surface area contributed by atoms with Gasteiger partial charge in [0.2, 0.25) is 5.88 Å². The fourth-order valence-electron chi connectivity index (χ4n) is 1.87. The van der Waals surface area contributed by atoms with Crippen LogP contribution in [0, 0.1) is 6.92 Å². The van der Waals surface area contributed by atoms with Crippen LogP contribution in [0.25, 0.3) is 4.96 Å². The van der Waals surface area contributed by atoms with Crippen molar-refractivity contribution in [2.24, 2.45) is 5.73 Å². The van der Waals surface area contributed by atoms with Crippen LogP contribution in [-0.2, 0) is 6.54 Å². The Morgan fingerprint density at radius 2 is 2.32 bits per heavy atom. The normalized spacial score (nSPS) is 11.1. The lowest BCUT2D eigenvalue weighted by molar-refractivity contribution is 0.459. The molecule has 0 bridgehead atoms. The second kappa shape index (κ2) is 4.96. The Labute approximate surface area is 123 Å². The van der Waals surface area contributed by atoms with Crippen molar-refractivity contribution < 1.29 is 4.74 Å². The molecule has 0 saturated heterocycles. The summed E-state index contributed by atoms with van der Waals surface area (Å²) in [6.07, 6.45) is 1.95. The topological polar surface area (TPSA) is 52.5 Å². The lowest BCUT2D eigenvalue weighted by Crippen LogP contribution is -2.01. The number of nitrogens with zero attached hydrogens (tertiary/aromatic N) is 2. The second-order valence-electron chi connectivity index (χ2n) is 4.14. The van der Waals surface area contributed by atoms with Gasteiger partial charge in [-0.05, 0) is 30.7 Å². The van der Waals surface area contributed by atoms with Crippen molar-refractivity contribution in [2.75, 3.05) is 0 Å². The van der Waals surface area contributed by atoms with E-state index in [2.05, 4.69) is 20.9 Å². The van der Waals surface area contributed by atoms with Crippen molar-refractivity contribution in [3.63, 3.8) is 0 Å². The van der Waals surface area contributed by atoms with E-state index >= 15 is 0 Å². The molecule has 0 aliphatic heterocycles. The van der Waals surface area contributed by atoms with Gasteiger partial charge in [-0.2, -0.15) is 4.98 Å². The summed E-state index contributed by atoms with van der Waals surface area (Å²) < 4.78 is 8.88. The molecular formula is C13H12BrN3OS. The number of aryl methyl sites for hydroxylation is 1. The molecule has 19 heavy (non-hydrogen) atoms. The number of ether oxygens (including phenoxy) is 1. The van der Waals surface area contributed by atoms with Crippen molar-refractivity contribution >= 4 is 32.2 Å². The van der Waals surface area contributed by atoms with Gasteiger partial charge in [0, 0.05) is 22.6 Å². The van der Waals surface area contributed by atoms with Gasteiger partial charge in [0.05, 0.1) is 0 Å². The summed E-state index contributed by atoms with van der Waals surface area (Å²) in [4.78, 5) is 5.35. The molecule has 3 aromatic rings. The number of hydrogen-bond acceptors (Lipinski definition) is 4. The minimum atomic E-state index is 0.392. The standard InChI is InChI=1S/C13H12BrN3OS/c1-8-6-9(2-3-10(8)14)18-12-11(7-15)17-4-5-19-13(17)16-12/h2-6H,7,15H2,1H3. The number of imidazole rings is 1. The highest BCUT2D eigenvalue weighted by Gasteiger charge is 2.14. The molecule has 2 N–H and O–H groups in total. The lowest BCUT2D eigenvalue weighted by atomic mass is 10.2. The molecule has 1 aromatic carbocycles. The number of rotatable bonds is 3. The van der Waals surface area contributed by atoms with E-state index in [4.69, 9.17) is 10.5 Å². The number of halogens is 1. The van der Waals surface area contributed by atoms with Crippen LogP contribution in [0.15, 0.2) is 34.2 Å². The SMILES string of the molecule is Cc1cc(Oc2nc3sccn3c2CN)ccc1Br. The molecule has 4 nitrogen and oxygen atoms in total. The molecule has 0 fully saturated rings. The highest BCUT2D eigenvalue weighted by molar-refractivity contribution is 9.10. The van der Waals surface area contributed by atoms with Crippen molar-refractivity contribution in [3.8, 4) is 11.6 Å². The zero-order valence-electron chi connectivity index (χ0n) is 10.3. The Balaban J connectivity index is 2.00. The van der Waals surface area contributed by atoms with Crippen molar-refractivity contribution in [3.05, 3.63) is 45.5 Å². The molecule has 0 aliphatic carbocycles. The first kappa shape index (κ1) is 12.7. The van der Waals surface area contributed by atoms with E-state index in [0.717, 1.165) is 26.4 Å². The number of benzene rings is 1. The molecule has 3 rings (SSSR count). The van der Waals surface area contributed by atoms with Crippen molar-refractivity contribution in [2.45, 2.75) is 13.5 Å². The number of thiazole rings is 1. The Kier molecular flexibility index (Phi) is 3.30. The van der Waals surface area contributed by atoms with Gasteiger partial charge < -0.3 is 10.5 Å². The summed E-state index contributed by atoms with van der Waals surface area (Å²) in [6.45, 7) is 2.41. The quantitative estimate of drug-likeness (QED) is 0.792. The number of hydrogen-bond donors (Lipinski definition) is 1. The predicted molar refractivity (Wildman–Crippen MR) is 79.9 cm³/mol. The third kappa shape index (κ3) is 2.27. The molecular weight excluding hydrogens is 326 g/mol. The first-order chi connectivity index (χ1) is 9.19. The van der Waals surface area contributed by atoms with E-state index in [-0.39, 0.29) is 0 Å². The Bertz CT molecular complexity index is 735. The van der Waals surface area contributed by atoms with Crippen molar-refractivity contribution in [1.29, 1.82) is 0 Å². The van der Waals surface area contributed by atoms with Crippen LogP contribution in [0.3, 0.4) is 0 Å². The van der Waals surface area contributed by atoms with Gasteiger partial charge in [-0.25, -0.2) is 0 Å². The molecule has 6 heteroatoms. The van der Waals surface area contributed by atoms with E-state index in [1.54, 1.807) is 11.3 Å². The largest absolute Gasteiger partial charge is 0.437 e. The van der Waals surface area contributed by atoms with E-state index in [1.165, 1.54) is 0 Å². The Morgan fingerprint density at radius 3 is 3.05 bits per heavy atom. The Hall–Kier alpha value is -1.37. The monoisotopic (exact) mass is 337 g/mol. The van der Waals surface area contributed by atoms with Gasteiger partial charge in [0.15, 0.2) is 4.96 Å².